The molecule has 2 heterocycles. The fourth-order valence-electron chi connectivity index (χ4n) is 2.58. The SMILES string of the molecule is c1ccc(CSc2cncc(NC(c3nccs3)C3CC3)n2)cc1. The van der Waals surface area contributed by atoms with E-state index in [-0.39, 0.29) is 6.04 Å². The second-order valence-corrected chi connectivity index (χ2v) is 7.77. The highest BCUT2D eigenvalue weighted by Gasteiger charge is 2.34. The molecule has 0 bridgehead atoms. The summed E-state index contributed by atoms with van der Waals surface area (Å²) in [5.41, 5.74) is 1.29. The molecule has 6 heteroatoms. The van der Waals surface area contributed by atoms with Crippen LogP contribution in [0, 0.1) is 5.92 Å². The first-order valence-corrected chi connectivity index (χ1v) is 9.90. The summed E-state index contributed by atoms with van der Waals surface area (Å²) in [5.74, 6) is 2.40. The molecule has 3 aromatic rings. The van der Waals surface area contributed by atoms with E-state index >= 15 is 0 Å². The number of hydrogen-bond acceptors (Lipinski definition) is 6. The van der Waals surface area contributed by atoms with Gasteiger partial charge >= 0.3 is 0 Å². The van der Waals surface area contributed by atoms with E-state index < -0.39 is 0 Å². The van der Waals surface area contributed by atoms with Crippen LogP contribution in [0.3, 0.4) is 0 Å². The Kier molecular flexibility index (Phi) is 4.76. The molecule has 0 spiro atoms. The molecule has 2 aromatic heterocycles. The topological polar surface area (TPSA) is 50.7 Å². The Morgan fingerprint density at radius 2 is 2.08 bits per heavy atom. The van der Waals surface area contributed by atoms with Crippen molar-refractivity contribution in [3.05, 3.63) is 64.9 Å². The zero-order chi connectivity index (χ0) is 16.2. The highest BCUT2D eigenvalue weighted by Crippen LogP contribution is 2.43. The number of rotatable bonds is 7. The first kappa shape index (κ1) is 15.6. The van der Waals surface area contributed by atoms with Gasteiger partial charge in [0.2, 0.25) is 0 Å². The van der Waals surface area contributed by atoms with Crippen molar-refractivity contribution in [2.24, 2.45) is 5.92 Å². The third-order valence-electron chi connectivity index (χ3n) is 3.96. The lowest BCUT2D eigenvalue weighted by molar-refractivity contribution is 0.668. The Hall–Kier alpha value is -1.92. The fourth-order valence-corrected chi connectivity index (χ4v) is 4.16. The number of nitrogens with one attached hydrogen (secondary N) is 1. The van der Waals surface area contributed by atoms with Gasteiger partial charge in [-0.05, 0) is 24.3 Å². The molecule has 4 nitrogen and oxygen atoms in total. The summed E-state index contributed by atoms with van der Waals surface area (Å²) in [4.78, 5) is 13.5. The van der Waals surface area contributed by atoms with Crippen molar-refractivity contribution < 1.29 is 0 Å². The van der Waals surface area contributed by atoms with Crippen LogP contribution in [0.4, 0.5) is 5.82 Å². The summed E-state index contributed by atoms with van der Waals surface area (Å²) in [7, 11) is 0. The molecule has 1 N–H and O–H groups in total. The van der Waals surface area contributed by atoms with E-state index in [9.17, 15) is 0 Å². The standard InChI is InChI=1S/C18H18N4S2/c1-2-4-13(5-3-1)12-24-16-11-19-10-15(21-16)22-17(14-6-7-14)18-20-8-9-23-18/h1-5,8-11,14,17H,6-7,12H2,(H,21,22). The smallest absolute Gasteiger partial charge is 0.146 e. The predicted molar refractivity (Wildman–Crippen MR) is 99.2 cm³/mol. The monoisotopic (exact) mass is 354 g/mol. The average Bonchev–Trinajstić information content (AvgIpc) is 3.33. The number of anilines is 1. The highest BCUT2D eigenvalue weighted by molar-refractivity contribution is 7.98. The van der Waals surface area contributed by atoms with Crippen molar-refractivity contribution in [1.82, 2.24) is 15.0 Å². The van der Waals surface area contributed by atoms with Crippen molar-refractivity contribution >= 4 is 28.9 Å². The highest BCUT2D eigenvalue weighted by atomic mass is 32.2. The maximum atomic E-state index is 4.71. The Morgan fingerprint density at radius 3 is 2.83 bits per heavy atom. The molecule has 4 rings (SSSR count). The Morgan fingerprint density at radius 1 is 1.21 bits per heavy atom. The molecule has 1 saturated carbocycles. The van der Waals surface area contributed by atoms with E-state index in [4.69, 9.17) is 4.98 Å². The number of hydrogen-bond donors (Lipinski definition) is 1. The van der Waals surface area contributed by atoms with Crippen molar-refractivity contribution in [2.45, 2.75) is 29.7 Å². The minimum Gasteiger partial charge on any atom is -0.359 e. The zero-order valence-electron chi connectivity index (χ0n) is 13.1. The quantitative estimate of drug-likeness (QED) is 0.618. The van der Waals surface area contributed by atoms with Crippen LogP contribution in [0.5, 0.6) is 0 Å². The van der Waals surface area contributed by atoms with Crippen LogP contribution in [0.25, 0.3) is 0 Å². The molecule has 122 valence electrons. The summed E-state index contributed by atoms with van der Waals surface area (Å²) in [5, 5.41) is 7.66. The summed E-state index contributed by atoms with van der Waals surface area (Å²) >= 11 is 3.41. The van der Waals surface area contributed by atoms with Gasteiger partial charge in [-0.25, -0.2) is 9.97 Å². The summed E-state index contributed by atoms with van der Waals surface area (Å²) in [6.45, 7) is 0. The Balaban J connectivity index is 1.44. The third-order valence-corrected chi connectivity index (χ3v) is 5.79. The lowest BCUT2D eigenvalue weighted by atomic mass is 10.2. The molecule has 1 aromatic carbocycles. The summed E-state index contributed by atoms with van der Waals surface area (Å²) < 4.78 is 0. The van der Waals surface area contributed by atoms with E-state index in [0.29, 0.717) is 5.92 Å². The number of nitrogens with zero attached hydrogens (tertiary/aromatic N) is 3. The average molecular weight is 355 g/mol. The zero-order valence-corrected chi connectivity index (χ0v) is 14.8. The minimum absolute atomic E-state index is 0.258. The molecule has 1 aliphatic carbocycles. The molecular formula is C18H18N4S2. The van der Waals surface area contributed by atoms with Gasteiger partial charge in [0.05, 0.1) is 18.4 Å². The van der Waals surface area contributed by atoms with E-state index in [2.05, 4.69) is 39.6 Å². The van der Waals surface area contributed by atoms with Crippen molar-refractivity contribution in [2.75, 3.05) is 5.32 Å². The molecule has 0 saturated heterocycles. The van der Waals surface area contributed by atoms with E-state index in [1.807, 2.05) is 23.8 Å². The van der Waals surface area contributed by atoms with Gasteiger partial charge in [-0.3, -0.25) is 4.98 Å². The molecule has 1 fully saturated rings. The Bertz CT molecular complexity index is 773. The molecule has 24 heavy (non-hydrogen) atoms. The fraction of sp³-hybridized carbons (Fsp3) is 0.278. The van der Waals surface area contributed by atoms with Gasteiger partial charge in [-0.15, -0.1) is 23.1 Å². The predicted octanol–water partition coefficient (Wildman–Crippen LogP) is 4.79. The molecule has 1 unspecified atom stereocenters. The van der Waals surface area contributed by atoms with E-state index in [1.165, 1.54) is 18.4 Å². The van der Waals surface area contributed by atoms with E-state index in [0.717, 1.165) is 21.6 Å². The third kappa shape index (κ3) is 3.94. The van der Waals surface area contributed by atoms with Gasteiger partial charge in [0.15, 0.2) is 0 Å². The van der Waals surface area contributed by atoms with Crippen LogP contribution >= 0.6 is 23.1 Å². The molecule has 0 radical (unpaired) electrons. The molecule has 1 atom stereocenters. The molecule has 0 amide bonds. The van der Waals surface area contributed by atoms with Crippen molar-refractivity contribution in [3.63, 3.8) is 0 Å². The summed E-state index contributed by atoms with van der Waals surface area (Å²) in [6.07, 6.45) is 8.01. The number of thioether (sulfide) groups is 1. The molecular weight excluding hydrogens is 336 g/mol. The van der Waals surface area contributed by atoms with Crippen LogP contribution in [0.1, 0.15) is 29.5 Å². The number of benzene rings is 1. The maximum absolute atomic E-state index is 4.71. The largest absolute Gasteiger partial charge is 0.359 e. The Labute approximate surface area is 149 Å². The van der Waals surface area contributed by atoms with Gasteiger partial charge in [0.1, 0.15) is 15.9 Å². The lowest BCUT2D eigenvalue weighted by Crippen LogP contribution is -2.14. The minimum atomic E-state index is 0.258. The van der Waals surface area contributed by atoms with Crippen LogP contribution < -0.4 is 5.32 Å². The van der Waals surface area contributed by atoms with Crippen LogP contribution in [-0.4, -0.2) is 15.0 Å². The number of thiazole rings is 1. The van der Waals surface area contributed by atoms with Crippen molar-refractivity contribution in [3.8, 4) is 0 Å². The van der Waals surface area contributed by atoms with Crippen LogP contribution in [0.2, 0.25) is 0 Å². The van der Waals surface area contributed by atoms with E-state index in [1.54, 1.807) is 29.3 Å². The van der Waals surface area contributed by atoms with Crippen molar-refractivity contribution in [1.29, 1.82) is 0 Å². The van der Waals surface area contributed by atoms with Crippen LogP contribution in [0.15, 0.2) is 59.3 Å². The van der Waals surface area contributed by atoms with Gasteiger partial charge in [0.25, 0.3) is 0 Å². The van der Waals surface area contributed by atoms with Gasteiger partial charge in [-0.1, -0.05) is 30.3 Å². The maximum Gasteiger partial charge on any atom is 0.146 e. The first-order chi connectivity index (χ1) is 11.9. The second-order valence-electron chi connectivity index (χ2n) is 5.85. The van der Waals surface area contributed by atoms with Gasteiger partial charge in [0, 0.05) is 17.3 Å². The van der Waals surface area contributed by atoms with Gasteiger partial charge < -0.3 is 5.32 Å². The molecule has 0 aliphatic heterocycles. The number of aromatic nitrogens is 3. The normalized spacial score (nSPS) is 15.2. The second kappa shape index (κ2) is 7.32. The summed E-state index contributed by atoms with van der Waals surface area (Å²) in [6, 6.07) is 10.7. The molecule has 1 aliphatic rings. The van der Waals surface area contributed by atoms with Gasteiger partial charge in [-0.2, -0.15) is 0 Å². The van der Waals surface area contributed by atoms with Crippen LogP contribution in [-0.2, 0) is 5.75 Å². The first-order valence-electron chi connectivity index (χ1n) is 8.03. The lowest BCUT2D eigenvalue weighted by Gasteiger charge is -2.16.